The van der Waals surface area contributed by atoms with E-state index in [-0.39, 0.29) is 23.7 Å². The first-order valence-corrected chi connectivity index (χ1v) is 12.5. The summed E-state index contributed by atoms with van der Waals surface area (Å²) in [6.45, 7) is 8.64. The normalized spacial score (nSPS) is 26.7. The Morgan fingerprint density at radius 3 is 2.65 bits per heavy atom. The number of nitrogens with zero attached hydrogens (tertiary/aromatic N) is 1. The molecule has 1 N–H and O–H groups in total. The number of hydrogen-bond donors (Lipinski definition) is 1. The number of piperidine rings is 3. The van der Waals surface area contributed by atoms with Crippen molar-refractivity contribution in [3.8, 4) is 16.9 Å². The molecule has 0 aromatic heterocycles. The van der Waals surface area contributed by atoms with Crippen molar-refractivity contribution in [2.45, 2.75) is 45.3 Å². The van der Waals surface area contributed by atoms with E-state index in [0.29, 0.717) is 19.1 Å². The van der Waals surface area contributed by atoms with Crippen molar-refractivity contribution >= 4 is 6.09 Å². The quantitative estimate of drug-likeness (QED) is 0.595. The van der Waals surface area contributed by atoms with E-state index in [9.17, 15) is 4.79 Å². The molecule has 6 rings (SSSR count). The lowest BCUT2D eigenvalue weighted by Crippen LogP contribution is -2.53. The minimum Gasteiger partial charge on any atom is -0.491 e. The molecule has 3 fully saturated rings. The number of carbonyl (C=O) groups excluding carboxylic acids is 1. The first kappa shape index (κ1) is 23.2. The van der Waals surface area contributed by atoms with Gasteiger partial charge in [-0.1, -0.05) is 50.2 Å². The zero-order chi connectivity index (χ0) is 23.7. The fourth-order valence-corrected chi connectivity index (χ4v) is 5.89. The van der Waals surface area contributed by atoms with Crippen LogP contribution in [0, 0.1) is 11.3 Å². The van der Waals surface area contributed by atoms with Gasteiger partial charge < -0.3 is 19.5 Å². The number of ether oxygens (including phenoxy) is 3. The fourth-order valence-electron chi connectivity index (χ4n) is 5.89. The smallest absolute Gasteiger partial charge is 0.407 e. The van der Waals surface area contributed by atoms with Crippen LogP contribution in [0.2, 0.25) is 0 Å². The molecular formula is C28H36N2O4. The van der Waals surface area contributed by atoms with E-state index in [1.807, 2.05) is 18.2 Å². The number of rotatable bonds is 7. The Bertz CT molecular complexity index is 1030. The molecule has 0 radical (unpaired) electrons. The molecule has 2 aromatic rings. The highest BCUT2D eigenvalue weighted by molar-refractivity contribution is 5.73. The van der Waals surface area contributed by atoms with Gasteiger partial charge in [0, 0.05) is 19.2 Å². The number of hydrogen-bond acceptors (Lipinski definition) is 5. The Balaban J connectivity index is 1.32. The molecule has 34 heavy (non-hydrogen) atoms. The van der Waals surface area contributed by atoms with Crippen molar-refractivity contribution in [2.75, 3.05) is 40.0 Å². The van der Waals surface area contributed by atoms with Crippen LogP contribution in [0.3, 0.4) is 0 Å². The van der Waals surface area contributed by atoms with Crippen molar-refractivity contribution in [3.63, 3.8) is 0 Å². The van der Waals surface area contributed by atoms with E-state index in [4.69, 9.17) is 14.2 Å². The van der Waals surface area contributed by atoms with Gasteiger partial charge in [-0.3, -0.25) is 4.90 Å². The van der Waals surface area contributed by atoms with Crippen molar-refractivity contribution in [2.24, 2.45) is 11.3 Å². The summed E-state index contributed by atoms with van der Waals surface area (Å²) in [6, 6.07) is 14.6. The van der Waals surface area contributed by atoms with Crippen LogP contribution in [-0.2, 0) is 15.9 Å². The molecule has 6 nitrogen and oxygen atoms in total. The number of methoxy groups -OCH3 is 1. The van der Waals surface area contributed by atoms with E-state index in [0.717, 1.165) is 55.8 Å². The van der Waals surface area contributed by atoms with Crippen LogP contribution in [0.5, 0.6) is 5.75 Å². The van der Waals surface area contributed by atoms with Crippen molar-refractivity contribution in [1.82, 2.24) is 10.2 Å². The van der Waals surface area contributed by atoms with Crippen LogP contribution < -0.4 is 10.1 Å². The topological polar surface area (TPSA) is 60.0 Å². The average Bonchev–Trinajstić information content (AvgIpc) is 3.09. The van der Waals surface area contributed by atoms with E-state index < -0.39 is 0 Å². The minimum atomic E-state index is -0.286. The van der Waals surface area contributed by atoms with E-state index in [1.54, 1.807) is 7.11 Å². The maximum absolute atomic E-state index is 12.9. The Hall–Kier alpha value is -2.57. The third-order valence-electron chi connectivity index (χ3n) is 7.74. The standard InChI is InChI=1S/C28H36N2O4/c1-28(2)17-21-16-20(22-6-4-5-7-24(22)33-15-14-32-3)8-9-23(21)26(28)29-27(31)34-25-18-30-12-10-19(25)11-13-30/h4-9,16,19,25-26H,10-15,17-18H2,1-3H3,(H,29,31)/t25-,26?/m0/s1. The molecule has 1 unspecified atom stereocenters. The summed E-state index contributed by atoms with van der Waals surface area (Å²) in [7, 11) is 1.68. The number of benzene rings is 2. The predicted octanol–water partition coefficient (Wildman–Crippen LogP) is 4.82. The first-order chi connectivity index (χ1) is 16.4. The lowest BCUT2D eigenvalue weighted by molar-refractivity contribution is -0.0348. The molecule has 6 heteroatoms. The number of amides is 1. The number of nitrogens with one attached hydrogen (secondary N) is 1. The van der Waals surface area contributed by atoms with E-state index in [2.05, 4.69) is 48.3 Å². The van der Waals surface area contributed by atoms with Crippen LogP contribution in [0.4, 0.5) is 4.79 Å². The molecule has 0 spiro atoms. The summed E-state index contributed by atoms with van der Waals surface area (Å²) >= 11 is 0. The Kier molecular flexibility index (Phi) is 6.54. The van der Waals surface area contributed by atoms with Gasteiger partial charge in [0.2, 0.25) is 0 Å². The van der Waals surface area contributed by atoms with Gasteiger partial charge in [-0.2, -0.15) is 0 Å². The highest BCUT2D eigenvalue weighted by Gasteiger charge is 2.42. The molecule has 1 aliphatic carbocycles. The lowest BCUT2D eigenvalue weighted by Gasteiger charge is -2.44. The van der Waals surface area contributed by atoms with Gasteiger partial charge in [0.1, 0.15) is 18.5 Å². The highest BCUT2D eigenvalue weighted by atomic mass is 16.6. The molecule has 2 aromatic carbocycles. The second-order valence-electron chi connectivity index (χ2n) is 10.6. The van der Waals surface area contributed by atoms with Gasteiger partial charge in [-0.15, -0.1) is 0 Å². The van der Waals surface area contributed by atoms with Crippen LogP contribution >= 0.6 is 0 Å². The summed E-state index contributed by atoms with van der Waals surface area (Å²) in [6.07, 6.45) is 2.90. The summed E-state index contributed by atoms with van der Waals surface area (Å²) in [5, 5.41) is 3.22. The van der Waals surface area contributed by atoms with Gasteiger partial charge >= 0.3 is 6.09 Å². The number of para-hydroxylation sites is 1. The van der Waals surface area contributed by atoms with Crippen molar-refractivity contribution in [3.05, 3.63) is 53.6 Å². The summed E-state index contributed by atoms with van der Waals surface area (Å²) < 4.78 is 17.0. The zero-order valence-corrected chi connectivity index (χ0v) is 20.5. The summed E-state index contributed by atoms with van der Waals surface area (Å²) in [5.41, 5.74) is 4.54. The maximum Gasteiger partial charge on any atom is 0.407 e. The van der Waals surface area contributed by atoms with Crippen LogP contribution in [0.1, 0.15) is 43.9 Å². The summed E-state index contributed by atoms with van der Waals surface area (Å²) in [4.78, 5) is 15.3. The molecule has 0 saturated carbocycles. The third kappa shape index (κ3) is 4.66. The monoisotopic (exact) mass is 464 g/mol. The number of alkyl carbamates (subject to hydrolysis) is 1. The summed E-state index contributed by atoms with van der Waals surface area (Å²) in [5.74, 6) is 1.36. The lowest BCUT2D eigenvalue weighted by atomic mass is 9.85. The van der Waals surface area contributed by atoms with Gasteiger partial charge in [0.25, 0.3) is 0 Å². The van der Waals surface area contributed by atoms with Crippen molar-refractivity contribution in [1.29, 1.82) is 0 Å². The number of fused-ring (bicyclic) bond motifs is 4. The predicted molar refractivity (Wildman–Crippen MR) is 132 cm³/mol. The number of carbonyl (C=O) groups is 1. The van der Waals surface area contributed by atoms with Gasteiger partial charge in [0.05, 0.1) is 12.6 Å². The molecule has 3 heterocycles. The molecule has 182 valence electrons. The molecule has 2 atom stereocenters. The zero-order valence-electron chi connectivity index (χ0n) is 20.5. The SMILES string of the molecule is COCCOc1ccccc1-c1ccc2c(c1)CC(C)(C)C2NC(=O)O[C@H]1CN2CCC1CC2. The van der Waals surface area contributed by atoms with Gasteiger partial charge in [-0.05, 0) is 66.4 Å². The molecule has 1 amide bonds. The maximum atomic E-state index is 12.9. The molecule has 2 bridgehead atoms. The van der Waals surface area contributed by atoms with Crippen molar-refractivity contribution < 1.29 is 19.0 Å². The third-order valence-corrected chi connectivity index (χ3v) is 7.74. The second-order valence-corrected chi connectivity index (χ2v) is 10.6. The largest absolute Gasteiger partial charge is 0.491 e. The van der Waals surface area contributed by atoms with Crippen LogP contribution in [0.15, 0.2) is 42.5 Å². The van der Waals surface area contributed by atoms with Gasteiger partial charge in [-0.25, -0.2) is 4.79 Å². The Morgan fingerprint density at radius 1 is 1.12 bits per heavy atom. The van der Waals surface area contributed by atoms with E-state index in [1.165, 1.54) is 11.1 Å². The fraction of sp³-hybridized carbons (Fsp3) is 0.536. The van der Waals surface area contributed by atoms with Crippen LogP contribution in [0.25, 0.3) is 11.1 Å². The molecule has 3 saturated heterocycles. The second kappa shape index (κ2) is 9.59. The molecule has 4 aliphatic rings. The van der Waals surface area contributed by atoms with E-state index >= 15 is 0 Å². The minimum absolute atomic E-state index is 0.0171. The Morgan fingerprint density at radius 2 is 1.91 bits per heavy atom. The van der Waals surface area contributed by atoms with Gasteiger partial charge in [0.15, 0.2) is 0 Å². The Labute approximate surface area is 202 Å². The average molecular weight is 465 g/mol. The first-order valence-electron chi connectivity index (χ1n) is 12.5. The highest BCUT2D eigenvalue weighted by Crippen LogP contribution is 2.47. The molecule has 3 aliphatic heterocycles. The molecular weight excluding hydrogens is 428 g/mol. The van der Waals surface area contributed by atoms with Crippen LogP contribution in [-0.4, -0.2) is 57.1 Å².